The van der Waals surface area contributed by atoms with Crippen molar-refractivity contribution in [2.24, 2.45) is 0 Å². The van der Waals surface area contributed by atoms with Crippen molar-refractivity contribution in [1.82, 2.24) is 9.80 Å². The zero-order valence-corrected chi connectivity index (χ0v) is 12.2. The predicted octanol–water partition coefficient (Wildman–Crippen LogP) is 1.01. The number of piperazine rings is 1. The number of rotatable bonds is 4. The third-order valence-corrected chi connectivity index (χ3v) is 3.41. The zero-order valence-electron chi connectivity index (χ0n) is 12.2. The van der Waals surface area contributed by atoms with Crippen LogP contribution < -0.4 is 14.8 Å². The molecule has 0 atom stereocenters. The van der Waals surface area contributed by atoms with Gasteiger partial charge in [-0.25, -0.2) is 4.79 Å². The normalized spacial score (nSPS) is 14.6. The Morgan fingerprint density at radius 1 is 1.14 bits per heavy atom. The second kappa shape index (κ2) is 6.83. The molecule has 0 spiro atoms. The molecule has 1 fully saturated rings. The summed E-state index contributed by atoms with van der Waals surface area (Å²) in [4.78, 5) is 26.3. The van der Waals surface area contributed by atoms with Crippen molar-refractivity contribution in [2.75, 3.05) is 45.7 Å². The quantitative estimate of drug-likeness (QED) is 0.841. The average Bonchev–Trinajstić information content (AvgIpc) is 2.55. The first-order valence-corrected chi connectivity index (χ1v) is 6.66. The van der Waals surface area contributed by atoms with Gasteiger partial charge < -0.3 is 24.6 Å². The number of methoxy groups -OCH3 is 2. The van der Waals surface area contributed by atoms with Crippen molar-refractivity contribution in [3.8, 4) is 11.5 Å². The molecular weight excluding hydrogens is 274 g/mol. The molecule has 3 amide bonds. The summed E-state index contributed by atoms with van der Waals surface area (Å²) >= 11 is 0. The summed E-state index contributed by atoms with van der Waals surface area (Å²) in [6.07, 6.45) is 0.804. The maximum atomic E-state index is 12.3. The Hall–Kier alpha value is -2.44. The number of anilines is 1. The molecule has 1 heterocycles. The number of carbonyl (C=O) groups excluding carboxylic acids is 2. The summed E-state index contributed by atoms with van der Waals surface area (Å²) in [6, 6.07) is 5.06. The molecule has 0 aliphatic carbocycles. The average molecular weight is 293 g/mol. The minimum absolute atomic E-state index is 0.233. The first-order chi connectivity index (χ1) is 10.2. The number of hydrogen-bond acceptors (Lipinski definition) is 4. The molecule has 7 heteroatoms. The maximum absolute atomic E-state index is 12.3. The Morgan fingerprint density at radius 2 is 1.71 bits per heavy atom. The fourth-order valence-corrected chi connectivity index (χ4v) is 2.19. The largest absolute Gasteiger partial charge is 0.494 e. The molecule has 0 bridgehead atoms. The number of hydrogen-bond donors (Lipinski definition) is 1. The van der Waals surface area contributed by atoms with E-state index in [1.54, 1.807) is 28.0 Å². The van der Waals surface area contributed by atoms with Crippen molar-refractivity contribution in [1.29, 1.82) is 0 Å². The molecule has 1 aliphatic rings. The van der Waals surface area contributed by atoms with Crippen molar-refractivity contribution in [3.63, 3.8) is 0 Å². The van der Waals surface area contributed by atoms with E-state index in [0.717, 1.165) is 6.41 Å². The van der Waals surface area contributed by atoms with E-state index in [0.29, 0.717) is 43.4 Å². The Morgan fingerprint density at radius 3 is 2.19 bits per heavy atom. The fourth-order valence-electron chi connectivity index (χ4n) is 2.19. The highest BCUT2D eigenvalue weighted by Crippen LogP contribution is 2.34. The van der Waals surface area contributed by atoms with Gasteiger partial charge in [-0.2, -0.15) is 0 Å². The molecule has 7 nitrogen and oxygen atoms in total. The van der Waals surface area contributed by atoms with Gasteiger partial charge in [-0.3, -0.25) is 4.79 Å². The van der Waals surface area contributed by atoms with Crippen LogP contribution in [0.3, 0.4) is 0 Å². The number of amides is 3. The van der Waals surface area contributed by atoms with Crippen molar-refractivity contribution in [2.45, 2.75) is 0 Å². The van der Waals surface area contributed by atoms with Crippen LogP contribution in [0.4, 0.5) is 10.5 Å². The van der Waals surface area contributed by atoms with E-state index in [1.807, 2.05) is 0 Å². The molecule has 1 aromatic rings. The van der Waals surface area contributed by atoms with Gasteiger partial charge in [0.2, 0.25) is 6.41 Å². The summed E-state index contributed by atoms with van der Waals surface area (Å²) in [5, 5.41) is 2.81. The van der Waals surface area contributed by atoms with Gasteiger partial charge in [0.05, 0.1) is 14.2 Å². The molecule has 1 saturated heterocycles. The van der Waals surface area contributed by atoms with Gasteiger partial charge in [-0.05, 0) is 12.1 Å². The number of carbonyl (C=O) groups is 2. The number of para-hydroxylation sites is 1. The Balaban J connectivity index is 2.08. The first kappa shape index (κ1) is 15.0. The van der Waals surface area contributed by atoms with E-state index in [1.165, 1.54) is 14.2 Å². The molecule has 0 aromatic heterocycles. The minimum Gasteiger partial charge on any atom is -0.494 e. The number of nitrogens with zero attached hydrogens (tertiary/aromatic N) is 2. The lowest BCUT2D eigenvalue weighted by Crippen LogP contribution is -2.49. The van der Waals surface area contributed by atoms with Crippen LogP contribution in [0.15, 0.2) is 18.2 Å². The Kier molecular flexibility index (Phi) is 4.86. The van der Waals surface area contributed by atoms with E-state index in [-0.39, 0.29) is 6.03 Å². The highest BCUT2D eigenvalue weighted by molar-refractivity contribution is 5.93. The summed E-state index contributed by atoms with van der Waals surface area (Å²) in [6.45, 7) is 2.09. The van der Waals surface area contributed by atoms with E-state index >= 15 is 0 Å². The van der Waals surface area contributed by atoms with E-state index in [9.17, 15) is 9.59 Å². The van der Waals surface area contributed by atoms with Gasteiger partial charge in [0.1, 0.15) is 17.2 Å². The smallest absolute Gasteiger partial charge is 0.322 e. The highest BCUT2D eigenvalue weighted by Gasteiger charge is 2.22. The van der Waals surface area contributed by atoms with Crippen LogP contribution in [-0.4, -0.2) is 62.6 Å². The first-order valence-electron chi connectivity index (χ1n) is 6.66. The molecule has 0 saturated carbocycles. The third-order valence-electron chi connectivity index (χ3n) is 3.41. The van der Waals surface area contributed by atoms with Crippen LogP contribution in [0.1, 0.15) is 0 Å². The minimum atomic E-state index is -0.233. The lowest BCUT2D eigenvalue weighted by Gasteiger charge is -2.32. The second-order valence-electron chi connectivity index (χ2n) is 4.60. The number of benzene rings is 1. The molecule has 21 heavy (non-hydrogen) atoms. The topological polar surface area (TPSA) is 71.1 Å². The predicted molar refractivity (Wildman–Crippen MR) is 77.8 cm³/mol. The highest BCUT2D eigenvalue weighted by atomic mass is 16.5. The zero-order chi connectivity index (χ0) is 15.2. The molecule has 0 radical (unpaired) electrons. The lowest BCUT2D eigenvalue weighted by molar-refractivity contribution is -0.119. The molecule has 1 aromatic carbocycles. The Bertz CT molecular complexity index is 491. The molecule has 1 aliphatic heterocycles. The summed E-state index contributed by atoms with van der Waals surface area (Å²) in [5.41, 5.74) is 0.505. The molecular formula is C14H19N3O4. The monoisotopic (exact) mass is 293 g/mol. The second-order valence-corrected chi connectivity index (χ2v) is 4.60. The van der Waals surface area contributed by atoms with E-state index in [4.69, 9.17) is 9.47 Å². The SMILES string of the molecule is COc1cccc(OC)c1NC(=O)N1CCN(C=O)CC1. The van der Waals surface area contributed by atoms with E-state index in [2.05, 4.69) is 5.32 Å². The summed E-state index contributed by atoms with van der Waals surface area (Å²) in [7, 11) is 3.07. The van der Waals surface area contributed by atoms with Gasteiger partial charge >= 0.3 is 6.03 Å². The lowest BCUT2D eigenvalue weighted by atomic mass is 10.2. The molecule has 1 N–H and O–H groups in total. The van der Waals surface area contributed by atoms with Crippen molar-refractivity contribution in [3.05, 3.63) is 18.2 Å². The van der Waals surface area contributed by atoms with Crippen LogP contribution in [-0.2, 0) is 4.79 Å². The number of urea groups is 1. The van der Waals surface area contributed by atoms with Gasteiger partial charge in [-0.1, -0.05) is 6.07 Å². The van der Waals surface area contributed by atoms with Gasteiger partial charge in [-0.15, -0.1) is 0 Å². The maximum Gasteiger partial charge on any atom is 0.322 e. The standard InChI is InChI=1S/C14H19N3O4/c1-20-11-4-3-5-12(21-2)13(11)15-14(19)17-8-6-16(10-18)7-9-17/h3-5,10H,6-9H2,1-2H3,(H,15,19). The van der Waals surface area contributed by atoms with Crippen LogP contribution in [0.2, 0.25) is 0 Å². The number of nitrogens with one attached hydrogen (secondary N) is 1. The van der Waals surface area contributed by atoms with Crippen molar-refractivity contribution >= 4 is 18.1 Å². The van der Waals surface area contributed by atoms with E-state index < -0.39 is 0 Å². The van der Waals surface area contributed by atoms with Crippen LogP contribution in [0.5, 0.6) is 11.5 Å². The van der Waals surface area contributed by atoms with Crippen LogP contribution in [0, 0.1) is 0 Å². The molecule has 0 unspecified atom stereocenters. The Labute approximate surface area is 123 Å². The van der Waals surface area contributed by atoms with Crippen LogP contribution in [0.25, 0.3) is 0 Å². The van der Waals surface area contributed by atoms with Gasteiger partial charge in [0, 0.05) is 26.2 Å². The summed E-state index contributed by atoms with van der Waals surface area (Å²) < 4.78 is 10.5. The number of ether oxygens (including phenoxy) is 2. The van der Waals surface area contributed by atoms with Gasteiger partial charge in [0.15, 0.2) is 0 Å². The van der Waals surface area contributed by atoms with Crippen LogP contribution >= 0.6 is 0 Å². The molecule has 114 valence electrons. The summed E-state index contributed by atoms with van der Waals surface area (Å²) in [5.74, 6) is 1.07. The van der Waals surface area contributed by atoms with Gasteiger partial charge in [0.25, 0.3) is 0 Å². The molecule has 2 rings (SSSR count). The third kappa shape index (κ3) is 3.36. The fraction of sp³-hybridized carbons (Fsp3) is 0.429. The van der Waals surface area contributed by atoms with Crippen molar-refractivity contribution < 1.29 is 19.1 Å².